The van der Waals surface area contributed by atoms with Gasteiger partial charge in [-0.3, -0.25) is 9.78 Å². The Morgan fingerprint density at radius 3 is 1.61 bits per heavy atom. The highest BCUT2D eigenvalue weighted by molar-refractivity contribution is 7.71. The minimum absolute atomic E-state index is 0.123. The van der Waals surface area contributed by atoms with E-state index in [-0.39, 0.29) is 32.0 Å². The molecule has 5 atom stereocenters. The van der Waals surface area contributed by atoms with E-state index in [1.54, 1.807) is 0 Å². The van der Waals surface area contributed by atoms with Gasteiger partial charge in [0.25, 0.3) is 5.56 Å². The number of nitrogens with one attached hydrogen (secondary N) is 2. The fourth-order valence-electron chi connectivity index (χ4n) is 7.35. The molecule has 1 saturated heterocycles. The smallest absolute Gasteiger partial charge is 0.255 e. The van der Waals surface area contributed by atoms with Crippen LogP contribution in [0.3, 0.4) is 0 Å². The van der Waals surface area contributed by atoms with E-state index in [4.69, 9.17) is 35.9 Å². The van der Waals surface area contributed by atoms with Gasteiger partial charge in [-0.2, -0.15) is 0 Å². The third-order valence-electron chi connectivity index (χ3n) is 10.6. The number of aliphatic hydroxyl groups is 1. The van der Waals surface area contributed by atoms with Gasteiger partial charge in [0.2, 0.25) is 0 Å². The SMILES string of the molecule is CCCCCCCCCCCCCCc1c(CCCOC2OC(OCc3ccccc3)C(OCc3ccccc3)C(OCc3ccccc3)C2O)[nH]c(=S)[nH]c1=O. The zero-order chi connectivity index (χ0) is 39.9. The molecule has 0 spiro atoms. The van der Waals surface area contributed by atoms with E-state index in [9.17, 15) is 9.90 Å². The molecule has 5 rings (SSSR count). The summed E-state index contributed by atoms with van der Waals surface area (Å²) >= 11 is 5.35. The van der Waals surface area contributed by atoms with Crippen LogP contribution in [-0.2, 0) is 56.3 Å². The zero-order valence-electron chi connectivity index (χ0n) is 33.8. The molecule has 57 heavy (non-hydrogen) atoms. The average Bonchev–Trinajstić information content (AvgIpc) is 3.23. The van der Waals surface area contributed by atoms with Gasteiger partial charge < -0.3 is 33.8 Å². The van der Waals surface area contributed by atoms with Crippen molar-refractivity contribution in [3.63, 3.8) is 0 Å². The lowest BCUT2D eigenvalue weighted by molar-refractivity contribution is -0.364. The van der Waals surface area contributed by atoms with Gasteiger partial charge in [-0.15, -0.1) is 0 Å². The number of H-pyrrole nitrogens is 2. The Kier molecular flexibility index (Phi) is 20.2. The molecule has 1 aliphatic heterocycles. The first kappa shape index (κ1) is 44.6. The van der Waals surface area contributed by atoms with Gasteiger partial charge in [-0.05, 0) is 54.6 Å². The summed E-state index contributed by atoms with van der Waals surface area (Å²) in [6, 6.07) is 29.5. The van der Waals surface area contributed by atoms with E-state index < -0.39 is 30.9 Å². The van der Waals surface area contributed by atoms with Gasteiger partial charge in [-0.25, -0.2) is 0 Å². The molecule has 4 aromatic rings. The van der Waals surface area contributed by atoms with Crippen molar-refractivity contribution in [2.75, 3.05) is 6.61 Å². The molecule has 0 aliphatic carbocycles. The van der Waals surface area contributed by atoms with Crippen molar-refractivity contribution in [3.05, 3.63) is 134 Å². The number of unbranched alkanes of at least 4 members (excludes halogenated alkanes) is 11. The lowest BCUT2D eigenvalue weighted by atomic mass is 10.0. The van der Waals surface area contributed by atoms with Crippen LogP contribution < -0.4 is 5.56 Å². The number of ether oxygens (including phenoxy) is 5. The van der Waals surface area contributed by atoms with E-state index in [0.29, 0.717) is 24.0 Å². The number of rotatable bonds is 27. The van der Waals surface area contributed by atoms with Crippen LogP contribution >= 0.6 is 12.2 Å². The molecule has 0 radical (unpaired) electrons. The molecule has 3 N–H and O–H groups in total. The normalized spacial score (nSPS) is 19.5. The van der Waals surface area contributed by atoms with E-state index in [0.717, 1.165) is 40.8 Å². The molecule has 0 bridgehead atoms. The van der Waals surface area contributed by atoms with Crippen molar-refractivity contribution < 1.29 is 28.8 Å². The molecule has 10 heteroatoms. The fraction of sp³-hybridized carbons (Fsp3) is 0.532. The topological polar surface area (TPSA) is 115 Å². The molecule has 1 fully saturated rings. The maximum absolute atomic E-state index is 13.0. The minimum Gasteiger partial charge on any atom is -0.385 e. The van der Waals surface area contributed by atoms with E-state index in [1.165, 1.54) is 64.2 Å². The molecule has 1 aromatic heterocycles. The van der Waals surface area contributed by atoms with Crippen LogP contribution in [0.15, 0.2) is 95.8 Å². The summed E-state index contributed by atoms with van der Waals surface area (Å²) in [5.41, 5.74) is 4.39. The fourth-order valence-corrected chi connectivity index (χ4v) is 7.56. The average molecular weight is 801 g/mol. The molecule has 0 saturated carbocycles. The molecular weight excluding hydrogens is 737 g/mol. The monoisotopic (exact) mass is 800 g/mol. The quantitative estimate of drug-likeness (QED) is 0.0404. The van der Waals surface area contributed by atoms with Gasteiger partial charge in [0.1, 0.15) is 18.3 Å². The number of benzene rings is 3. The maximum Gasteiger partial charge on any atom is 0.255 e. The number of hydrogen-bond donors (Lipinski definition) is 3. The number of aliphatic hydroxyl groups excluding tert-OH is 1. The Morgan fingerprint density at radius 1 is 0.579 bits per heavy atom. The van der Waals surface area contributed by atoms with Crippen molar-refractivity contribution in [1.82, 2.24) is 9.97 Å². The van der Waals surface area contributed by atoms with Crippen molar-refractivity contribution in [3.8, 4) is 0 Å². The summed E-state index contributed by atoms with van der Waals surface area (Å²) in [6.45, 7) is 3.34. The van der Waals surface area contributed by atoms with Crippen LogP contribution in [0.25, 0.3) is 0 Å². The molecule has 2 heterocycles. The van der Waals surface area contributed by atoms with Crippen molar-refractivity contribution in [2.24, 2.45) is 0 Å². The first-order valence-electron chi connectivity index (χ1n) is 21.3. The van der Waals surface area contributed by atoms with Crippen molar-refractivity contribution in [1.29, 1.82) is 0 Å². The largest absolute Gasteiger partial charge is 0.385 e. The number of aromatic nitrogens is 2. The second-order valence-corrected chi connectivity index (χ2v) is 15.6. The van der Waals surface area contributed by atoms with Gasteiger partial charge >= 0.3 is 0 Å². The van der Waals surface area contributed by atoms with Crippen LogP contribution in [0.2, 0.25) is 0 Å². The number of hydrogen-bond acceptors (Lipinski definition) is 8. The maximum atomic E-state index is 13.0. The zero-order valence-corrected chi connectivity index (χ0v) is 34.6. The molecule has 5 unspecified atom stereocenters. The molecule has 3 aromatic carbocycles. The first-order chi connectivity index (χ1) is 28.0. The Bertz CT molecular complexity index is 1770. The Balaban J connectivity index is 1.17. The highest BCUT2D eigenvalue weighted by atomic mass is 32.1. The molecule has 310 valence electrons. The predicted octanol–water partition coefficient (Wildman–Crippen LogP) is 10.1. The summed E-state index contributed by atoms with van der Waals surface area (Å²) in [6.07, 6.45) is 12.4. The lowest BCUT2D eigenvalue weighted by Crippen LogP contribution is -2.60. The number of aryl methyl sites for hydroxylation is 1. The summed E-state index contributed by atoms with van der Waals surface area (Å²) in [5.74, 6) is 0. The summed E-state index contributed by atoms with van der Waals surface area (Å²) in [5, 5.41) is 11.8. The van der Waals surface area contributed by atoms with Crippen LogP contribution in [0.4, 0.5) is 0 Å². The Hall–Kier alpha value is -3.48. The summed E-state index contributed by atoms with van der Waals surface area (Å²) < 4.78 is 32.2. The van der Waals surface area contributed by atoms with Crippen LogP contribution in [-0.4, -0.2) is 52.6 Å². The van der Waals surface area contributed by atoms with Crippen molar-refractivity contribution in [2.45, 2.75) is 154 Å². The second-order valence-electron chi connectivity index (χ2n) is 15.2. The summed E-state index contributed by atoms with van der Waals surface area (Å²) in [7, 11) is 0. The molecular formula is C47H64N2O7S. The summed E-state index contributed by atoms with van der Waals surface area (Å²) in [4.78, 5) is 19.0. The van der Waals surface area contributed by atoms with Crippen LogP contribution in [0, 0.1) is 4.77 Å². The highest BCUT2D eigenvalue weighted by Gasteiger charge is 2.48. The van der Waals surface area contributed by atoms with Gasteiger partial charge in [0.05, 0.1) is 26.4 Å². The first-order valence-corrected chi connectivity index (χ1v) is 21.7. The third-order valence-corrected chi connectivity index (χ3v) is 10.8. The van der Waals surface area contributed by atoms with Gasteiger partial charge in [0.15, 0.2) is 17.4 Å². The van der Waals surface area contributed by atoms with E-state index >= 15 is 0 Å². The molecule has 0 amide bonds. The minimum atomic E-state index is -1.17. The lowest BCUT2D eigenvalue weighted by Gasteiger charge is -2.43. The number of aromatic amines is 2. The third kappa shape index (κ3) is 15.7. The van der Waals surface area contributed by atoms with E-state index in [1.807, 2.05) is 91.0 Å². The molecule has 9 nitrogen and oxygen atoms in total. The van der Waals surface area contributed by atoms with Crippen LogP contribution in [0.1, 0.15) is 118 Å². The predicted molar refractivity (Wildman–Crippen MR) is 227 cm³/mol. The Labute approximate surface area is 344 Å². The second kappa shape index (κ2) is 25.8. The standard InChI is InChI=1S/C47H64N2O7S/c1-2-3-4-5-6-7-8-9-10-11-12-22-30-39-40(48-47(57)49-44(39)51)31-23-32-52-45-41(50)42(53-33-36-24-16-13-17-25-36)43(54-34-37-26-18-14-19-27-37)46(56-45)55-35-38-28-20-15-21-29-38/h13-21,24-29,41-43,45-46,50H,2-12,22-23,30-35H2,1H3,(H2,48,49,51,57). The van der Waals surface area contributed by atoms with Crippen molar-refractivity contribution >= 4 is 12.2 Å². The van der Waals surface area contributed by atoms with Gasteiger partial charge in [0, 0.05) is 11.3 Å². The van der Waals surface area contributed by atoms with Crippen LogP contribution in [0.5, 0.6) is 0 Å². The Morgan fingerprint density at radius 2 is 1.07 bits per heavy atom. The van der Waals surface area contributed by atoms with Gasteiger partial charge in [-0.1, -0.05) is 169 Å². The molecule has 1 aliphatic rings. The van der Waals surface area contributed by atoms with E-state index in [2.05, 4.69) is 16.9 Å². The highest BCUT2D eigenvalue weighted by Crippen LogP contribution is 2.30.